The first-order chi connectivity index (χ1) is 14.0. The van der Waals surface area contributed by atoms with Gasteiger partial charge in [-0.2, -0.15) is 0 Å². The molecule has 0 amide bonds. The van der Waals surface area contributed by atoms with Crippen molar-refractivity contribution in [3.05, 3.63) is 36.0 Å². The van der Waals surface area contributed by atoms with Crippen LogP contribution >= 0.6 is 0 Å². The Labute approximate surface area is 180 Å². The Balaban J connectivity index is 2.14. The molecule has 2 N–H and O–H groups in total. The van der Waals surface area contributed by atoms with Crippen LogP contribution in [-0.4, -0.2) is 34.4 Å². The van der Waals surface area contributed by atoms with Crippen LogP contribution in [0.4, 0.5) is 0 Å². The Morgan fingerprint density at radius 1 is 1.33 bits per heavy atom. The number of fused-ring (bicyclic) bond motifs is 1. The average molecular weight is 419 g/mol. The number of carboxylic acid groups (broad SMARTS) is 1. The molecule has 5 heteroatoms. The second-order valence-electron chi connectivity index (χ2n) is 9.68. The first kappa shape index (κ1) is 24.4. The van der Waals surface area contributed by atoms with E-state index in [1.165, 1.54) is 11.6 Å². The molecule has 0 saturated carbocycles. The second-order valence-corrected chi connectivity index (χ2v) is 9.68. The molecule has 0 aromatic rings. The topological polar surface area (TPSA) is 83.8 Å². The number of aliphatic hydroxyl groups is 1. The minimum absolute atomic E-state index is 0.136. The molecule has 0 fully saturated rings. The second kappa shape index (κ2) is 10.4. The zero-order valence-corrected chi connectivity index (χ0v) is 19.0. The molecule has 0 aliphatic heterocycles. The standard InChI is InChI=1S/C25H38O5/c1-6-25(4,5)24(29)30-21-15-16(2)14-18-11-10-17(3)20(23(18)21)13-12-19(26)8-7-9-22(27)28/h7,9-11,14,16-17,19-21,23,26H,6,8,12-13,15H2,1-5H3,(H,27,28)/b9-7+. The van der Waals surface area contributed by atoms with E-state index in [0.29, 0.717) is 24.7 Å². The lowest BCUT2D eigenvalue weighted by molar-refractivity contribution is -0.164. The molecular weight excluding hydrogens is 380 g/mol. The van der Waals surface area contributed by atoms with Crippen LogP contribution in [0.1, 0.15) is 66.7 Å². The van der Waals surface area contributed by atoms with Crippen molar-refractivity contribution in [2.24, 2.45) is 29.1 Å². The highest BCUT2D eigenvalue weighted by Crippen LogP contribution is 2.45. The molecule has 30 heavy (non-hydrogen) atoms. The summed E-state index contributed by atoms with van der Waals surface area (Å²) in [7, 11) is 0. The van der Waals surface area contributed by atoms with E-state index in [1.54, 1.807) is 0 Å². The van der Waals surface area contributed by atoms with Gasteiger partial charge in [0.05, 0.1) is 11.5 Å². The predicted octanol–water partition coefficient (Wildman–Crippen LogP) is 4.91. The molecule has 6 unspecified atom stereocenters. The fourth-order valence-corrected chi connectivity index (χ4v) is 4.49. The summed E-state index contributed by atoms with van der Waals surface area (Å²) in [5.74, 6) is -0.0526. The fourth-order valence-electron chi connectivity index (χ4n) is 4.49. The number of aliphatic carboxylic acids is 1. The van der Waals surface area contributed by atoms with Gasteiger partial charge < -0.3 is 14.9 Å². The van der Waals surface area contributed by atoms with Gasteiger partial charge in [-0.15, -0.1) is 0 Å². The lowest BCUT2D eigenvalue weighted by atomic mass is 9.65. The number of ether oxygens (including phenoxy) is 1. The van der Waals surface area contributed by atoms with Gasteiger partial charge in [-0.3, -0.25) is 4.79 Å². The van der Waals surface area contributed by atoms with Gasteiger partial charge in [-0.1, -0.05) is 45.1 Å². The Hall–Kier alpha value is -1.88. The van der Waals surface area contributed by atoms with Gasteiger partial charge in [0.2, 0.25) is 0 Å². The lowest BCUT2D eigenvalue weighted by Crippen LogP contribution is -2.43. The van der Waals surface area contributed by atoms with Crippen LogP contribution in [0.2, 0.25) is 0 Å². The Morgan fingerprint density at radius 3 is 2.67 bits per heavy atom. The van der Waals surface area contributed by atoms with E-state index in [2.05, 4.69) is 32.1 Å². The van der Waals surface area contributed by atoms with E-state index in [1.807, 2.05) is 20.8 Å². The summed E-state index contributed by atoms with van der Waals surface area (Å²) in [5, 5.41) is 19.0. The largest absolute Gasteiger partial charge is 0.478 e. The fraction of sp³-hybridized carbons (Fsp3) is 0.680. The maximum absolute atomic E-state index is 12.8. The summed E-state index contributed by atoms with van der Waals surface area (Å²) < 4.78 is 6.11. The van der Waals surface area contributed by atoms with Gasteiger partial charge >= 0.3 is 11.9 Å². The molecule has 0 bridgehead atoms. The summed E-state index contributed by atoms with van der Waals surface area (Å²) >= 11 is 0. The molecule has 5 nitrogen and oxygen atoms in total. The van der Waals surface area contributed by atoms with E-state index in [4.69, 9.17) is 9.84 Å². The molecule has 0 saturated heterocycles. The van der Waals surface area contributed by atoms with Gasteiger partial charge in [-0.25, -0.2) is 4.79 Å². The van der Waals surface area contributed by atoms with Crippen LogP contribution in [0.25, 0.3) is 0 Å². The molecule has 0 heterocycles. The van der Waals surface area contributed by atoms with E-state index in [-0.39, 0.29) is 23.9 Å². The maximum Gasteiger partial charge on any atom is 0.327 e. The average Bonchev–Trinajstić information content (AvgIpc) is 2.66. The monoisotopic (exact) mass is 418 g/mol. The zero-order valence-electron chi connectivity index (χ0n) is 19.0. The quantitative estimate of drug-likeness (QED) is 0.410. The molecule has 0 spiro atoms. The normalized spacial score (nSPS) is 29.9. The van der Waals surface area contributed by atoms with Crippen molar-refractivity contribution in [2.75, 3.05) is 0 Å². The maximum atomic E-state index is 12.8. The summed E-state index contributed by atoms with van der Waals surface area (Å²) in [4.78, 5) is 23.4. The first-order valence-electron chi connectivity index (χ1n) is 11.2. The van der Waals surface area contributed by atoms with Crippen molar-refractivity contribution in [2.45, 2.75) is 78.9 Å². The lowest BCUT2D eigenvalue weighted by Gasteiger charge is -2.43. The highest BCUT2D eigenvalue weighted by molar-refractivity contribution is 5.79. The number of carbonyl (C=O) groups excluding carboxylic acids is 1. The predicted molar refractivity (Wildman–Crippen MR) is 118 cm³/mol. The van der Waals surface area contributed by atoms with Crippen LogP contribution in [0, 0.1) is 29.1 Å². The van der Waals surface area contributed by atoms with Crippen LogP contribution in [0.5, 0.6) is 0 Å². The van der Waals surface area contributed by atoms with Gasteiger partial charge in [0.1, 0.15) is 6.10 Å². The van der Waals surface area contributed by atoms with Crippen LogP contribution in [0.15, 0.2) is 36.0 Å². The van der Waals surface area contributed by atoms with E-state index in [0.717, 1.165) is 25.3 Å². The third-order valence-corrected chi connectivity index (χ3v) is 6.79. The van der Waals surface area contributed by atoms with Crippen molar-refractivity contribution >= 4 is 11.9 Å². The summed E-state index contributed by atoms with van der Waals surface area (Å²) in [6.07, 6.45) is 11.8. The van der Waals surface area contributed by atoms with E-state index >= 15 is 0 Å². The van der Waals surface area contributed by atoms with Crippen molar-refractivity contribution < 1.29 is 24.5 Å². The highest BCUT2D eigenvalue weighted by atomic mass is 16.5. The minimum Gasteiger partial charge on any atom is -0.478 e. The van der Waals surface area contributed by atoms with Gasteiger partial charge in [-0.05, 0) is 69.3 Å². The third kappa shape index (κ3) is 6.31. The molecule has 2 rings (SSSR count). The summed E-state index contributed by atoms with van der Waals surface area (Å²) in [6, 6.07) is 0. The first-order valence-corrected chi connectivity index (χ1v) is 11.2. The van der Waals surface area contributed by atoms with Gasteiger partial charge in [0.25, 0.3) is 0 Å². The number of hydrogen-bond donors (Lipinski definition) is 2. The van der Waals surface area contributed by atoms with Crippen molar-refractivity contribution in [1.82, 2.24) is 0 Å². The Morgan fingerprint density at radius 2 is 2.03 bits per heavy atom. The van der Waals surface area contributed by atoms with Crippen molar-refractivity contribution in [3.63, 3.8) is 0 Å². The van der Waals surface area contributed by atoms with Gasteiger partial charge in [0, 0.05) is 12.0 Å². The van der Waals surface area contributed by atoms with Gasteiger partial charge in [0.15, 0.2) is 0 Å². The number of rotatable bonds is 9. The Kier molecular flexibility index (Phi) is 8.48. The highest BCUT2D eigenvalue weighted by Gasteiger charge is 2.42. The molecule has 0 radical (unpaired) electrons. The van der Waals surface area contributed by atoms with Crippen LogP contribution < -0.4 is 0 Å². The van der Waals surface area contributed by atoms with E-state index in [9.17, 15) is 14.7 Å². The number of allylic oxidation sites excluding steroid dienone is 3. The van der Waals surface area contributed by atoms with Crippen LogP contribution in [0.3, 0.4) is 0 Å². The summed E-state index contributed by atoms with van der Waals surface area (Å²) in [6.45, 7) is 10.2. The third-order valence-electron chi connectivity index (χ3n) is 6.79. The van der Waals surface area contributed by atoms with E-state index < -0.39 is 17.5 Å². The molecule has 2 aliphatic rings. The SMILES string of the molecule is CCC(C)(C)C(=O)OC1CC(C)C=C2C=CC(C)C(CCC(O)C/C=C/C(=O)O)C21. The number of carbonyl (C=O) groups is 2. The zero-order chi connectivity index (χ0) is 22.5. The minimum atomic E-state index is -1.00. The Bertz CT molecular complexity index is 702. The molecule has 0 aromatic heterocycles. The van der Waals surface area contributed by atoms with Crippen molar-refractivity contribution in [1.29, 1.82) is 0 Å². The van der Waals surface area contributed by atoms with Crippen molar-refractivity contribution in [3.8, 4) is 0 Å². The number of carboxylic acids is 1. The molecule has 2 aliphatic carbocycles. The molecule has 168 valence electrons. The number of aliphatic hydroxyl groups excluding tert-OH is 1. The molecular formula is C25H38O5. The number of esters is 1. The summed E-state index contributed by atoms with van der Waals surface area (Å²) in [5.41, 5.74) is 0.743. The van der Waals surface area contributed by atoms with Crippen LogP contribution in [-0.2, 0) is 14.3 Å². The molecule has 0 aromatic carbocycles. The molecule has 6 atom stereocenters. The number of hydrogen-bond acceptors (Lipinski definition) is 4. The smallest absolute Gasteiger partial charge is 0.327 e.